The maximum Gasteiger partial charge on any atom is 0.131 e. The van der Waals surface area contributed by atoms with Gasteiger partial charge < -0.3 is 10.3 Å². The van der Waals surface area contributed by atoms with Crippen LogP contribution >= 0.6 is 15.9 Å². The third kappa shape index (κ3) is 2.90. The number of rotatable bonds is 5. The number of nitrogens with two attached hydrogens (primary N) is 1. The summed E-state index contributed by atoms with van der Waals surface area (Å²) in [7, 11) is 0. The van der Waals surface area contributed by atoms with E-state index in [4.69, 9.17) is 10.7 Å². The molecule has 0 fully saturated rings. The molecule has 2 rings (SSSR count). The van der Waals surface area contributed by atoms with Gasteiger partial charge in [-0.2, -0.15) is 0 Å². The summed E-state index contributed by atoms with van der Waals surface area (Å²) in [5.41, 5.74) is 9.53. The van der Waals surface area contributed by atoms with Crippen LogP contribution in [-0.2, 0) is 13.0 Å². The second kappa shape index (κ2) is 6.44. The molecule has 2 N–H and O–H groups in total. The Morgan fingerprint density at radius 3 is 2.60 bits per heavy atom. The molecule has 0 aliphatic heterocycles. The SMILES string of the molecule is CCCc1nc(-c2ccc(Br)c(C)c2)c(N)n1CCC. The summed E-state index contributed by atoms with van der Waals surface area (Å²) in [6, 6.07) is 6.26. The first kappa shape index (κ1) is 15.1. The molecule has 0 spiro atoms. The fourth-order valence-electron chi connectivity index (χ4n) is 2.41. The molecule has 20 heavy (non-hydrogen) atoms. The molecule has 0 aliphatic rings. The molecule has 0 unspecified atom stereocenters. The molecule has 0 amide bonds. The lowest BCUT2D eigenvalue weighted by atomic mass is 10.1. The van der Waals surface area contributed by atoms with Crippen molar-refractivity contribution in [2.24, 2.45) is 0 Å². The van der Waals surface area contributed by atoms with Gasteiger partial charge in [-0.3, -0.25) is 0 Å². The van der Waals surface area contributed by atoms with E-state index in [2.05, 4.69) is 59.5 Å². The molecule has 0 atom stereocenters. The van der Waals surface area contributed by atoms with Gasteiger partial charge in [-0.25, -0.2) is 4.98 Å². The fourth-order valence-corrected chi connectivity index (χ4v) is 2.65. The van der Waals surface area contributed by atoms with Crippen molar-refractivity contribution in [2.75, 3.05) is 5.73 Å². The van der Waals surface area contributed by atoms with E-state index in [-0.39, 0.29) is 0 Å². The normalized spacial score (nSPS) is 11.0. The molecule has 1 aromatic carbocycles. The summed E-state index contributed by atoms with van der Waals surface area (Å²) in [6.45, 7) is 7.35. The smallest absolute Gasteiger partial charge is 0.131 e. The first-order valence-corrected chi connectivity index (χ1v) is 7.99. The highest BCUT2D eigenvalue weighted by Crippen LogP contribution is 2.30. The van der Waals surface area contributed by atoms with E-state index in [1.807, 2.05) is 0 Å². The number of hydrogen-bond acceptors (Lipinski definition) is 2. The van der Waals surface area contributed by atoms with Crippen molar-refractivity contribution in [2.45, 2.75) is 46.6 Å². The van der Waals surface area contributed by atoms with Crippen molar-refractivity contribution in [1.29, 1.82) is 0 Å². The minimum absolute atomic E-state index is 0.789. The standard InChI is InChI=1S/C16H22BrN3/c1-4-6-14-19-15(16(18)20(14)9-5-2)12-7-8-13(17)11(3)10-12/h7-8,10H,4-6,9,18H2,1-3H3. The minimum Gasteiger partial charge on any atom is -0.383 e. The van der Waals surface area contributed by atoms with Crippen LogP contribution in [0, 0.1) is 6.92 Å². The Labute approximate surface area is 129 Å². The lowest BCUT2D eigenvalue weighted by Crippen LogP contribution is -2.06. The highest BCUT2D eigenvalue weighted by Gasteiger charge is 2.15. The first-order valence-electron chi connectivity index (χ1n) is 7.19. The van der Waals surface area contributed by atoms with Gasteiger partial charge in [-0.15, -0.1) is 0 Å². The second-order valence-electron chi connectivity index (χ2n) is 5.13. The van der Waals surface area contributed by atoms with Crippen LogP contribution in [0.4, 0.5) is 5.82 Å². The van der Waals surface area contributed by atoms with Crippen molar-refractivity contribution in [3.8, 4) is 11.3 Å². The van der Waals surface area contributed by atoms with Gasteiger partial charge in [0.05, 0.1) is 0 Å². The summed E-state index contributed by atoms with van der Waals surface area (Å²) >= 11 is 3.53. The van der Waals surface area contributed by atoms with Gasteiger partial charge in [-0.1, -0.05) is 35.8 Å². The largest absolute Gasteiger partial charge is 0.383 e. The molecule has 108 valence electrons. The molecule has 0 saturated heterocycles. The van der Waals surface area contributed by atoms with E-state index in [9.17, 15) is 0 Å². The molecule has 1 aromatic heterocycles. The zero-order valence-corrected chi connectivity index (χ0v) is 14.0. The zero-order valence-electron chi connectivity index (χ0n) is 12.4. The van der Waals surface area contributed by atoms with Crippen LogP contribution in [0.1, 0.15) is 38.1 Å². The number of nitrogens with zero attached hydrogens (tertiary/aromatic N) is 2. The summed E-state index contributed by atoms with van der Waals surface area (Å²) < 4.78 is 3.28. The zero-order chi connectivity index (χ0) is 14.7. The lowest BCUT2D eigenvalue weighted by molar-refractivity contribution is 0.637. The van der Waals surface area contributed by atoms with Crippen molar-refractivity contribution in [3.05, 3.63) is 34.1 Å². The Bertz CT molecular complexity index is 602. The third-order valence-corrected chi connectivity index (χ3v) is 4.33. The fraction of sp³-hybridized carbons (Fsp3) is 0.438. The van der Waals surface area contributed by atoms with Crippen molar-refractivity contribution in [1.82, 2.24) is 9.55 Å². The molecule has 0 saturated carbocycles. The first-order chi connectivity index (χ1) is 9.58. The van der Waals surface area contributed by atoms with Gasteiger partial charge in [0.15, 0.2) is 0 Å². The summed E-state index contributed by atoms with van der Waals surface area (Å²) in [6.07, 6.45) is 3.12. The van der Waals surface area contributed by atoms with Crippen molar-refractivity contribution in [3.63, 3.8) is 0 Å². The highest BCUT2D eigenvalue weighted by molar-refractivity contribution is 9.10. The number of imidazole rings is 1. The molecule has 0 bridgehead atoms. The monoisotopic (exact) mass is 335 g/mol. The van der Waals surface area contributed by atoms with Crippen LogP contribution in [0.5, 0.6) is 0 Å². The maximum absolute atomic E-state index is 6.33. The Balaban J connectivity index is 2.50. The molecule has 0 aliphatic carbocycles. The van der Waals surface area contributed by atoms with Crippen molar-refractivity contribution < 1.29 is 0 Å². The number of hydrogen-bond donors (Lipinski definition) is 1. The molecule has 4 heteroatoms. The molecular weight excluding hydrogens is 314 g/mol. The van der Waals surface area contributed by atoms with Crippen LogP contribution in [-0.4, -0.2) is 9.55 Å². The van der Waals surface area contributed by atoms with Crippen LogP contribution in [0.25, 0.3) is 11.3 Å². The molecule has 1 heterocycles. The van der Waals surface area contributed by atoms with E-state index < -0.39 is 0 Å². The summed E-state index contributed by atoms with van der Waals surface area (Å²) in [5, 5.41) is 0. The van der Waals surface area contributed by atoms with Gasteiger partial charge in [0.25, 0.3) is 0 Å². The summed E-state index contributed by atoms with van der Waals surface area (Å²) in [5.74, 6) is 1.89. The molecule has 2 aromatic rings. The predicted molar refractivity (Wildman–Crippen MR) is 88.8 cm³/mol. The van der Waals surface area contributed by atoms with Gasteiger partial charge in [0.2, 0.25) is 0 Å². The minimum atomic E-state index is 0.789. The average molecular weight is 336 g/mol. The Morgan fingerprint density at radius 1 is 1.25 bits per heavy atom. The number of nitrogen functional groups attached to an aromatic ring is 1. The van der Waals surface area contributed by atoms with Crippen molar-refractivity contribution >= 4 is 21.7 Å². The predicted octanol–water partition coefficient (Wildman–Crippen LogP) is 4.57. The molecular formula is C16H22BrN3. The lowest BCUT2D eigenvalue weighted by Gasteiger charge is -2.07. The second-order valence-corrected chi connectivity index (χ2v) is 5.98. The number of anilines is 1. The van der Waals surface area contributed by atoms with Crippen LogP contribution < -0.4 is 5.73 Å². The Morgan fingerprint density at radius 2 is 2.00 bits per heavy atom. The summed E-state index contributed by atoms with van der Waals surface area (Å²) in [4.78, 5) is 4.78. The van der Waals surface area contributed by atoms with E-state index in [0.717, 1.165) is 53.2 Å². The molecule has 3 nitrogen and oxygen atoms in total. The van der Waals surface area contributed by atoms with E-state index in [0.29, 0.717) is 0 Å². The number of benzene rings is 1. The van der Waals surface area contributed by atoms with Gasteiger partial charge in [-0.05, 0) is 37.5 Å². The van der Waals surface area contributed by atoms with E-state index in [1.54, 1.807) is 0 Å². The van der Waals surface area contributed by atoms with Gasteiger partial charge in [0, 0.05) is 23.0 Å². The molecule has 0 radical (unpaired) electrons. The van der Waals surface area contributed by atoms with Gasteiger partial charge >= 0.3 is 0 Å². The maximum atomic E-state index is 6.33. The Hall–Kier alpha value is -1.29. The van der Waals surface area contributed by atoms with Gasteiger partial charge in [0.1, 0.15) is 17.3 Å². The number of halogens is 1. The van der Waals surface area contributed by atoms with Crippen LogP contribution in [0.15, 0.2) is 22.7 Å². The average Bonchev–Trinajstić information content (AvgIpc) is 2.72. The van der Waals surface area contributed by atoms with E-state index >= 15 is 0 Å². The third-order valence-electron chi connectivity index (χ3n) is 3.44. The van der Waals surface area contributed by atoms with Crippen LogP contribution in [0.3, 0.4) is 0 Å². The number of aryl methyl sites for hydroxylation is 2. The highest BCUT2D eigenvalue weighted by atomic mass is 79.9. The quantitative estimate of drug-likeness (QED) is 0.869. The number of aromatic nitrogens is 2. The topological polar surface area (TPSA) is 43.8 Å². The van der Waals surface area contributed by atoms with Crippen LogP contribution in [0.2, 0.25) is 0 Å². The van der Waals surface area contributed by atoms with E-state index in [1.165, 1.54) is 5.56 Å². The Kier molecular flexibility index (Phi) is 4.86.